The van der Waals surface area contributed by atoms with Crippen LogP contribution in [-0.2, 0) is 4.74 Å². The number of halogens is 2. The first-order valence-corrected chi connectivity index (χ1v) is 11.1. The van der Waals surface area contributed by atoms with Gasteiger partial charge < -0.3 is 25.6 Å². The van der Waals surface area contributed by atoms with Crippen molar-refractivity contribution in [2.75, 3.05) is 50.8 Å². The molecular formula is C23H28F2N6O. The van der Waals surface area contributed by atoms with Gasteiger partial charge in [0.1, 0.15) is 5.71 Å². The van der Waals surface area contributed by atoms with E-state index in [9.17, 15) is 8.78 Å². The van der Waals surface area contributed by atoms with E-state index in [0.29, 0.717) is 18.9 Å². The highest BCUT2D eigenvalue weighted by Crippen LogP contribution is 2.27. The predicted molar refractivity (Wildman–Crippen MR) is 122 cm³/mol. The summed E-state index contributed by atoms with van der Waals surface area (Å²) in [4.78, 5) is 11.6. The Morgan fingerprint density at radius 1 is 1.19 bits per heavy atom. The number of hydrogen-bond donors (Lipinski definition) is 3. The van der Waals surface area contributed by atoms with Crippen molar-refractivity contribution in [2.45, 2.75) is 18.4 Å². The van der Waals surface area contributed by atoms with Crippen molar-refractivity contribution in [3.8, 4) is 0 Å². The maximum absolute atomic E-state index is 13.8. The molecule has 3 N–H and O–H groups in total. The zero-order chi connectivity index (χ0) is 22.0. The molecule has 9 heteroatoms. The molecule has 7 nitrogen and oxygen atoms in total. The van der Waals surface area contributed by atoms with Crippen LogP contribution in [0.25, 0.3) is 5.70 Å². The second-order valence-corrected chi connectivity index (χ2v) is 8.57. The molecule has 4 heterocycles. The molecule has 0 radical (unpaired) electrons. The zero-order valence-electron chi connectivity index (χ0n) is 17.9. The molecule has 0 aromatic heterocycles. The molecule has 32 heavy (non-hydrogen) atoms. The number of ether oxygens (including phenoxy) is 1. The highest BCUT2D eigenvalue weighted by molar-refractivity contribution is 6.45. The van der Waals surface area contributed by atoms with Crippen molar-refractivity contribution in [1.29, 1.82) is 0 Å². The first-order chi connectivity index (χ1) is 15.6. The number of hydrogen-bond acceptors (Lipinski definition) is 7. The number of rotatable bonds is 4. The van der Waals surface area contributed by atoms with Crippen LogP contribution in [0.1, 0.15) is 12.0 Å². The molecule has 2 fully saturated rings. The minimum atomic E-state index is -2.67. The van der Waals surface area contributed by atoms with E-state index in [4.69, 9.17) is 9.73 Å². The maximum atomic E-state index is 13.8. The third-order valence-electron chi connectivity index (χ3n) is 6.16. The van der Waals surface area contributed by atoms with Crippen molar-refractivity contribution in [3.05, 3.63) is 48.3 Å². The summed E-state index contributed by atoms with van der Waals surface area (Å²) in [7, 11) is 0. The van der Waals surface area contributed by atoms with Gasteiger partial charge in [-0.15, -0.1) is 0 Å². The first-order valence-electron chi connectivity index (χ1n) is 11.1. The van der Waals surface area contributed by atoms with Crippen LogP contribution in [0, 0.1) is 5.92 Å². The minimum absolute atomic E-state index is 0.111. The molecule has 0 bridgehead atoms. The van der Waals surface area contributed by atoms with Gasteiger partial charge in [-0.3, -0.25) is 4.99 Å². The average molecular weight is 443 g/mol. The molecule has 1 aromatic rings. The first kappa shape index (κ1) is 21.1. The highest BCUT2D eigenvalue weighted by Gasteiger charge is 2.36. The van der Waals surface area contributed by atoms with Gasteiger partial charge in [0.05, 0.1) is 31.5 Å². The fraction of sp³-hybridized carbons (Fsp3) is 0.478. The Morgan fingerprint density at radius 2 is 2.00 bits per heavy atom. The Labute approximate surface area is 186 Å². The average Bonchev–Trinajstić information content (AvgIpc) is 2.82. The fourth-order valence-corrected chi connectivity index (χ4v) is 4.50. The Morgan fingerprint density at radius 3 is 2.78 bits per heavy atom. The Bertz CT molecular complexity index is 950. The topological polar surface area (TPSA) is 73.3 Å². The second kappa shape index (κ2) is 8.99. The third-order valence-corrected chi connectivity index (χ3v) is 6.16. The van der Waals surface area contributed by atoms with E-state index in [0.717, 1.165) is 43.3 Å². The van der Waals surface area contributed by atoms with Crippen molar-refractivity contribution in [3.63, 3.8) is 0 Å². The zero-order valence-corrected chi connectivity index (χ0v) is 17.9. The number of amidine groups is 1. The van der Waals surface area contributed by atoms with Crippen LogP contribution in [0.2, 0.25) is 0 Å². The normalized spacial score (nSPS) is 26.9. The molecule has 0 amide bonds. The maximum Gasteiger partial charge on any atom is 0.260 e. The molecule has 0 saturated carbocycles. The quantitative estimate of drug-likeness (QED) is 0.665. The van der Waals surface area contributed by atoms with Crippen molar-refractivity contribution < 1.29 is 13.5 Å². The Kier molecular flexibility index (Phi) is 5.93. The van der Waals surface area contributed by atoms with Crippen molar-refractivity contribution in [1.82, 2.24) is 16.0 Å². The summed E-state index contributed by atoms with van der Waals surface area (Å²) >= 11 is 0. The van der Waals surface area contributed by atoms with Gasteiger partial charge in [-0.2, -0.15) is 0 Å². The SMILES string of the molecule is FC1(F)CNCC(CNC2=NC(c3ccc(N4CCOCC4)cc3)=CC3NC=CN=C23)C1. The smallest absolute Gasteiger partial charge is 0.260 e. The second-order valence-electron chi connectivity index (χ2n) is 8.57. The highest BCUT2D eigenvalue weighted by atomic mass is 19.3. The number of nitrogens with one attached hydrogen (secondary N) is 3. The van der Waals surface area contributed by atoms with Crippen molar-refractivity contribution in [2.24, 2.45) is 15.9 Å². The number of anilines is 1. The van der Waals surface area contributed by atoms with Gasteiger partial charge in [-0.1, -0.05) is 12.1 Å². The number of fused-ring (bicyclic) bond motifs is 1. The third kappa shape index (κ3) is 4.68. The van der Waals surface area contributed by atoms with Gasteiger partial charge in [-0.05, 0) is 24.1 Å². The van der Waals surface area contributed by atoms with E-state index in [1.807, 2.05) is 6.08 Å². The van der Waals surface area contributed by atoms with Crippen molar-refractivity contribution >= 4 is 22.9 Å². The Balaban J connectivity index is 1.33. The van der Waals surface area contributed by atoms with E-state index < -0.39 is 5.92 Å². The molecule has 2 unspecified atom stereocenters. The molecule has 170 valence electrons. The van der Waals surface area contributed by atoms with Crippen LogP contribution in [0.15, 0.2) is 52.7 Å². The summed E-state index contributed by atoms with van der Waals surface area (Å²) in [6.07, 6.45) is 5.42. The molecule has 2 atom stereocenters. The molecule has 5 rings (SSSR count). The summed E-state index contributed by atoms with van der Waals surface area (Å²) in [6, 6.07) is 8.25. The van der Waals surface area contributed by atoms with E-state index >= 15 is 0 Å². The molecule has 0 spiro atoms. The lowest BCUT2D eigenvalue weighted by molar-refractivity contribution is -0.0382. The van der Waals surface area contributed by atoms with Crippen LogP contribution in [0.4, 0.5) is 14.5 Å². The lowest BCUT2D eigenvalue weighted by Crippen LogP contribution is -2.50. The standard InChI is InChI=1S/C23H28F2N6O/c24-23(25)12-16(13-26-15-23)14-29-22-21-20(27-5-6-28-21)11-19(30-22)17-1-3-18(4-2-17)31-7-9-32-10-8-31/h1-6,11,16,20,26-27H,7-10,12-15H2,(H,29,30). The van der Waals surface area contributed by atoms with Crippen LogP contribution in [0.3, 0.4) is 0 Å². The number of benzene rings is 1. The van der Waals surface area contributed by atoms with Crippen LogP contribution >= 0.6 is 0 Å². The number of morpholine rings is 1. The van der Waals surface area contributed by atoms with E-state index in [2.05, 4.69) is 50.1 Å². The molecule has 0 aliphatic carbocycles. The van der Waals surface area contributed by atoms with E-state index in [1.54, 1.807) is 12.4 Å². The van der Waals surface area contributed by atoms with Gasteiger partial charge >= 0.3 is 0 Å². The minimum Gasteiger partial charge on any atom is -0.378 e. The van der Waals surface area contributed by atoms with Crippen LogP contribution in [0.5, 0.6) is 0 Å². The summed E-state index contributed by atoms with van der Waals surface area (Å²) in [6.45, 7) is 4.01. The van der Waals surface area contributed by atoms with Gasteiger partial charge in [-0.25, -0.2) is 13.8 Å². The molecule has 4 aliphatic heterocycles. The lowest BCUT2D eigenvalue weighted by Gasteiger charge is -2.31. The molecule has 2 saturated heterocycles. The largest absolute Gasteiger partial charge is 0.378 e. The summed E-state index contributed by atoms with van der Waals surface area (Å²) in [5, 5.41) is 9.43. The van der Waals surface area contributed by atoms with Gasteiger partial charge in [0.25, 0.3) is 5.92 Å². The monoisotopic (exact) mass is 442 g/mol. The summed E-state index contributed by atoms with van der Waals surface area (Å²) in [5.41, 5.74) is 3.78. The van der Waals surface area contributed by atoms with E-state index in [1.165, 1.54) is 5.69 Å². The van der Waals surface area contributed by atoms with Crippen LogP contribution < -0.4 is 20.9 Å². The summed E-state index contributed by atoms with van der Waals surface area (Å²) < 4.78 is 32.9. The molecular weight excluding hydrogens is 414 g/mol. The molecule has 4 aliphatic rings. The van der Waals surface area contributed by atoms with Gasteiger partial charge in [0, 0.05) is 56.3 Å². The lowest BCUT2D eigenvalue weighted by atomic mass is 9.96. The number of aliphatic imine (C=N–C) groups is 2. The predicted octanol–water partition coefficient (Wildman–Crippen LogP) is 1.99. The molecule has 1 aromatic carbocycles. The number of piperidine rings is 1. The Hall–Kier alpha value is -2.78. The van der Waals surface area contributed by atoms with Crippen LogP contribution in [-0.4, -0.2) is 69.4 Å². The fourth-order valence-electron chi connectivity index (χ4n) is 4.50. The number of nitrogens with zero attached hydrogens (tertiary/aromatic N) is 3. The van der Waals surface area contributed by atoms with Gasteiger partial charge in [0.15, 0.2) is 5.84 Å². The van der Waals surface area contributed by atoms with Gasteiger partial charge in [0.2, 0.25) is 0 Å². The van der Waals surface area contributed by atoms with E-state index in [-0.39, 0.29) is 24.9 Å². The summed E-state index contributed by atoms with van der Waals surface area (Å²) in [5.74, 6) is -2.20. The number of alkyl halides is 2.